The Morgan fingerprint density at radius 2 is 1.97 bits per heavy atom. The molecule has 6 heteroatoms. The van der Waals surface area contributed by atoms with E-state index in [0.29, 0.717) is 18.9 Å². The second-order valence-electron chi connectivity index (χ2n) is 9.24. The number of hydrogen-bond donors (Lipinski definition) is 2. The number of carbonyl (C=O) groups excluding carboxylic acids is 1. The first kappa shape index (κ1) is 23.3. The first-order chi connectivity index (χ1) is 15.7. The largest absolute Gasteiger partial charge is 0.477 e. The Balaban J connectivity index is 1.78. The van der Waals surface area contributed by atoms with Gasteiger partial charge in [-0.3, -0.25) is 9.52 Å². The molecule has 5 nitrogen and oxygen atoms in total. The summed E-state index contributed by atoms with van der Waals surface area (Å²) < 4.78 is 9.00. The number of benzene rings is 2. The minimum atomic E-state index is -0.986. The van der Waals surface area contributed by atoms with Gasteiger partial charge in [0.05, 0.1) is 18.6 Å². The second kappa shape index (κ2) is 9.57. The van der Waals surface area contributed by atoms with Crippen LogP contribution < -0.4 is 9.46 Å². The van der Waals surface area contributed by atoms with Crippen LogP contribution in [0.5, 0.6) is 5.88 Å². The lowest BCUT2D eigenvalue weighted by molar-refractivity contribution is -0.118. The summed E-state index contributed by atoms with van der Waals surface area (Å²) in [6, 6.07) is 16.0. The molecule has 1 aromatic heterocycles. The van der Waals surface area contributed by atoms with E-state index in [-0.39, 0.29) is 18.2 Å². The third-order valence-corrected chi connectivity index (χ3v) is 6.61. The second-order valence-corrected chi connectivity index (χ2v) is 10.1. The van der Waals surface area contributed by atoms with Crippen LogP contribution in [0.2, 0.25) is 0 Å². The van der Waals surface area contributed by atoms with Gasteiger partial charge in [-0.25, -0.2) is 4.98 Å². The highest BCUT2D eigenvalue weighted by molar-refractivity contribution is 7.98. The molecule has 0 spiro atoms. The Morgan fingerprint density at radius 3 is 2.73 bits per heavy atom. The number of hydrogen-bond acceptors (Lipinski definition) is 5. The average Bonchev–Trinajstić information content (AvgIpc) is 2.77. The molecule has 0 unspecified atom stereocenters. The van der Waals surface area contributed by atoms with Crippen molar-refractivity contribution < 1.29 is 14.6 Å². The molecule has 1 aliphatic rings. The zero-order chi connectivity index (χ0) is 23.6. The molecule has 2 heterocycles. The maximum absolute atomic E-state index is 13.0. The highest BCUT2D eigenvalue weighted by atomic mass is 32.2. The lowest BCUT2D eigenvalue weighted by atomic mass is 9.88. The summed E-state index contributed by atoms with van der Waals surface area (Å²) in [5.74, 6) is 0.775. The third-order valence-electron chi connectivity index (χ3n) is 5.81. The minimum absolute atomic E-state index is 0.0648. The molecule has 2 aromatic carbocycles. The van der Waals surface area contributed by atoms with Crippen molar-refractivity contribution in [1.29, 1.82) is 0 Å². The van der Waals surface area contributed by atoms with Crippen molar-refractivity contribution in [2.45, 2.75) is 57.0 Å². The summed E-state index contributed by atoms with van der Waals surface area (Å²) in [4.78, 5) is 18.3. The van der Waals surface area contributed by atoms with Gasteiger partial charge in [-0.2, -0.15) is 0 Å². The number of aliphatic hydroxyl groups is 1. The van der Waals surface area contributed by atoms with Crippen LogP contribution in [0.4, 0.5) is 0 Å². The summed E-state index contributed by atoms with van der Waals surface area (Å²) in [6.07, 6.45) is 2.68. The molecule has 0 atom stereocenters. The number of fused-ring (bicyclic) bond motifs is 6. The maximum Gasteiger partial charge on any atom is 0.234 e. The molecule has 4 rings (SSSR count). The number of nitrogens with one attached hydrogen (secondary N) is 1. The molecule has 1 aliphatic heterocycles. The summed E-state index contributed by atoms with van der Waals surface area (Å²) in [5, 5.41) is 10.6. The standard InChI is InChI=1S/C27H30N2O3S/c1-17(2)22-6-5-7-23-19-8-10-28-26(14-19)32-11-9-18-12-20(27(3,4)31)15-21(13-18)33-29-25(30)16-24(22)23/h5-8,10,12-15,17,31H,9,11,16H2,1-4H3,(H,29,30). The van der Waals surface area contributed by atoms with Crippen LogP contribution >= 0.6 is 11.9 Å². The minimum Gasteiger partial charge on any atom is -0.477 e. The number of carbonyl (C=O) groups is 1. The van der Waals surface area contributed by atoms with Crippen LogP contribution in [0.15, 0.2) is 59.6 Å². The van der Waals surface area contributed by atoms with Crippen LogP contribution in [0.1, 0.15) is 55.9 Å². The van der Waals surface area contributed by atoms with Crippen LogP contribution in [0.3, 0.4) is 0 Å². The highest BCUT2D eigenvalue weighted by Gasteiger charge is 2.20. The maximum atomic E-state index is 13.0. The first-order valence-electron chi connectivity index (χ1n) is 11.2. The fourth-order valence-corrected chi connectivity index (χ4v) is 4.77. The van der Waals surface area contributed by atoms with Crippen LogP contribution in [-0.2, 0) is 23.2 Å². The van der Waals surface area contributed by atoms with Gasteiger partial charge in [-0.05, 0) is 83.3 Å². The number of rotatable bonds is 2. The van der Waals surface area contributed by atoms with Gasteiger partial charge in [0, 0.05) is 23.6 Å². The molecule has 3 aromatic rings. The Morgan fingerprint density at radius 1 is 1.15 bits per heavy atom. The fourth-order valence-electron chi connectivity index (χ4n) is 4.07. The van der Waals surface area contributed by atoms with E-state index >= 15 is 0 Å². The number of nitrogens with zero attached hydrogens (tertiary/aromatic N) is 1. The van der Waals surface area contributed by atoms with Crippen molar-refractivity contribution in [3.8, 4) is 17.0 Å². The summed E-state index contributed by atoms with van der Waals surface area (Å²) in [6.45, 7) is 8.27. The van der Waals surface area contributed by atoms with Crippen molar-refractivity contribution in [1.82, 2.24) is 9.71 Å². The molecule has 0 aliphatic carbocycles. The van der Waals surface area contributed by atoms with E-state index in [2.05, 4.69) is 35.7 Å². The molecule has 2 N–H and O–H groups in total. The fraction of sp³-hybridized carbons (Fsp3) is 0.333. The Hall–Kier alpha value is -2.83. The Bertz CT molecular complexity index is 1170. The Kier molecular flexibility index (Phi) is 6.77. The van der Waals surface area contributed by atoms with Crippen LogP contribution in [-0.4, -0.2) is 22.6 Å². The molecular formula is C27H30N2O3S. The lowest BCUT2D eigenvalue weighted by Gasteiger charge is -2.20. The molecule has 0 radical (unpaired) electrons. The van der Waals surface area contributed by atoms with Crippen LogP contribution in [0.25, 0.3) is 11.1 Å². The average molecular weight is 463 g/mol. The van der Waals surface area contributed by atoms with Gasteiger partial charge in [0.25, 0.3) is 0 Å². The monoisotopic (exact) mass is 462 g/mol. The van der Waals surface area contributed by atoms with E-state index < -0.39 is 5.60 Å². The topological polar surface area (TPSA) is 71.5 Å². The number of pyridine rings is 1. The van der Waals surface area contributed by atoms with E-state index in [1.807, 2.05) is 36.4 Å². The van der Waals surface area contributed by atoms with E-state index in [9.17, 15) is 9.90 Å². The molecule has 33 heavy (non-hydrogen) atoms. The van der Waals surface area contributed by atoms with E-state index in [1.54, 1.807) is 20.0 Å². The van der Waals surface area contributed by atoms with Crippen LogP contribution in [0, 0.1) is 0 Å². The zero-order valence-electron chi connectivity index (χ0n) is 19.5. The third kappa shape index (κ3) is 5.57. The summed E-state index contributed by atoms with van der Waals surface area (Å²) in [7, 11) is 0. The number of amides is 1. The lowest BCUT2D eigenvalue weighted by Crippen LogP contribution is -2.20. The van der Waals surface area contributed by atoms with Gasteiger partial charge in [-0.15, -0.1) is 0 Å². The van der Waals surface area contributed by atoms with E-state index in [4.69, 9.17) is 4.74 Å². The van der Waals surface area contributed by atoms with Crippen molar-refractivity contribution in [3.05, 3.63) is 77.0 Å². The molecule has 0 saturated heterocycles. The molecule has 1 amide bonds. The first-order valence-corrected chi connectivity index (χ1v) is 12.1. The van der Waals surface area contributed by atoms with Gasteiger partial charge >= 0.3 is 0 Å². The van der Waals surface area contributed by atoms with Gasteiger partial charge < -0.3 is 9.84 Å². The van der Waals surface area contributed by atoms with E-state index in [1.165, 1.54) is 11.9 Å². The van der Waals surface area contributed by atoms with Crippen molar-refractivity contribution >= 4 is 17.9 Å². The SMILES string of the molecule is CC(C)c1cccc2c1CC(=O)NSc1cc(cc(C(C)(C)O)c1)CCOc1cc-2ccn1. The molecule has 0 saturated carbocycles. The van der Waals surface area contributed by atoms with Crippen molar-refractivity contribution in [2.24, 2.45) is 0 Å². The molecule has 172 valence electrons. The zero-order valence-corrected chi connectivity index (χ0v) is 20.3. The summed E-state index contributed by atoms with van der Waals surface area (Å²) in [5.41, 5.74) is 5.02. The predicted molar refractivity (Wildman–Crippen MR) is 132 cm³/mol. The Labute approximate surface area is 199 Å². The highest BCUT2D eigenvalue weighted by Crippen LogP contribution is 2.33. The van der Waals surface area contributed by atoms with Crippen molar-refractivity contribution in [3.63, 3.8) is 0 Å². The normalized spacial score (nSPS) is 14.5. The van der Waals surface area contributed by atoms with Gasteiger partial charge in [0.1, 0.15) is 0 Å². The summed E-state index contributed by atoms with van der Waals surface area (Å²) >= 11 is 1.28. The quantitative estimate of drug-likeness (QED) is 0.499. The molecular weight excluding hydrogens is 432 g/mol. The van der Waals surface area contributed by atoms with Gasteiger partial charge in [-0.1, -0.05) is 38.1 Å². The van der Waals surface area contributed by atoms with E-state index in [0.717, 1.165) is 38.3 Å². The van der Waals surface area contributed by atoms with Crippen molar-refractivity contribution in [2.75, 3.05) is 6.61 Å². The van der Waals surface area contributed by atoms with Gasteiger partial charge in [0.2, 0.25) is 11.8 Å². The smallest absolute Gasteiger partial charge is 0.234 e. The number of aromatic nitrogens is 1. The number of ether oxygens (including phenoxy) is 1. The van der Waals surface area contributed by atoms with Gasteiger partial charge in [0.15, 0.2) is 0 Å². The molecule has 4 bridgehead atoms. The molecule has 0 fully saturated rings. The predicted octanol–water partition coefficient (Wildman–Crippen LogP) is 5.40.